The van der Waals surface area contributed by atoms with Crippen molar-refractivity contribution in [2.45, 2.75) is 32.9 Å². The monoisotopic (exact) mass is 536 g/mol. The molecular formula is C29H30Cl2N4O2. The number of H-pyrrole nitrogens is 1. The number of aromatic nitrogens is 1. The van der Waals surface area contributed by atoms with E-state index >= 15 is 0 Å². The Morgan fingerprint density at radius 3 is 2.43 bits per heavy atom. The van der Waals surface area contributed by atoms with E-state index in [1.807, 2.05) is 73.5 Å². The summed E-state index contributed by atoms with van der Waals surface area (Å²) in [4.78, 5) is 33.4. The Labute approximate surface area is 227 Å². The second-order valence-corrected chi connectivity index (χ2v) is 9.95. The zero-order chi connectivity index (χ0) is 26.4. The van der Waals surface area contributed by atoms with Gasteiger partial charge in [-0.25, -0.2) is 4.79 Å². The molecule has 37 heavy (non-hydrogen) atoms. The van der Waals surface area contributed by atoms with Gasteiger partial charge in [0, 0.05) is 36.2 Å². The third-order valence-electron chi connectivity index (χ3n) is 6.28. The minimum absolute atomic E-state index is 0.0671. The van der Waals surface area contributed by atoms with Gasteiger partial charge in [-0.15, -0.1) is 0 Å². The van der Waals surface area contributed by atoms with Crippen molar-refractivity contribution >= 4 is 51.7 Å². The Hall–Kier alpha value is -3.48. The fourth-order valence-electron chi connectivity index (χ4n) is 4.21. The summed E-state index contributed by atoms with van der Waals surface area (Å²) in [6.45, 7) is 4.65. The van der Waals surface area contributed by atoms with E-state index in [-0.39, 0.29) is 23.5 Å². The lowest BCUT2D eigenvalue weighted by molar-refractivity contribution is -0.132. The van der Waals surface area contributed by atoms with Crippen molar-refractivity contribution in [2.75, 3.05) is 18.4 Å². The van der Waals surface area contributed by atoms with Crippen LogP contribution in [0.1, 0.15) is 25.0 Å². The van der Waals surface area contributed by atoms with Gasteiger partial charge in [0.2, 0.25) is 5.91 Å². The summed E-state index contributed by atoms with van der Waals surface area (Å²) in [7, 11) is 0. The van der Waals surface area contributed by atoms with E-state index in [4.69, 9.17) is 23.2 Å². The van der Waals surface area contributed by atoms with Crippen LogP contribution in [-0.4, -0.2) is 45.9 Å². The lowest BCUT2D eigenvalue weighted by Crippen LogP contribution is -2.47. The molecule has 1 aromatic heterocycles. The Morgan fingerprint density at radius 2 is 1.68 bits per heavy atom. The molecule has 0 saturated heterocycles. The first-order valence-electron chi connectivity index (χ1n) is 12.2. The molecule has 0 aliphatic heterocycles. The smallest absolute Gasteiger partial charge is 0.322 e. The highest BCUT2D eigenvalue weighted by molar-refractivity contribution is 6.44. The van der Waals surface area contributed by atoms with Crippen molar-refractivity contribution in [2.24, 2.45) is 0 Å². The Balaban J connectivity index is 1.51. The lowest BCUT2D eigenvalue weighted by atomic mass is 10.1. The Kier molecular flexibility index (Phi) is 8.74. The molecule has 0 saturated carbocycles. The number of hydrogen-bond donors (Lipinski definition) is 2. The number of urea groups is 1. The third kappa shape index (κ3) is 6.64. The number of amides is 3. The van der Waals surface area contributed by atoms with Crippen LogP contribution in [0.15, 0.2) is 79.0 Å². The van der Waals surface area contributed by atoms with Gasteiger partial charge in [-0.2, -0.15) is 0 Å². The van der Waals surface area contributed by atoms with Crippen LogP contribution in [0.4, 0.5) is 10.5 Å². The number of nitrogens with zero attached hydrogens (tertiary/aromatic N) is 2. The summed E-state index contributed by atoms with van der Waals surface area (Å²) < 4.78 is 0. The number of benzene rings is 3. The van der Waals surface area contributed by atoms with Crippen molar-refractivity contribution in [3.05, 3.63) is 100 Å². The molecule has 8 heteroatoms. The lowest BCUT2D eigenvalue weighted by Gasteiger charge is -2.30. The van der Waals surface area contributed by atoms with Crippen molar-refractivity contribution < 1.29 is 9.59 Å². The molecule has 0 radical (unpaired) electrons. The fourth-order valence-corrected chi connectivity index (χ4v) is 4.56. The molecule has 4 aromatic rings. The van der Waals surface area contributed by atoms with Gasteiger partial charge >= 0.3 is 6.03 Å². The van der Waals surface area contributed by atoms with E-state index in [1.54, 1.807) is 18.2 Å². The van der Waals surface area contributed by atoms with Gasteiger partial charge in [0.25, 0.3) is 0 Å². The van der Waals surface area contributed by atoms with Crippen LogP contribution >= 0.6 is 23.2 Å². The van der Waals surface area contributed by atoms with E-state index in [0.29, 0.717) is 30.2 Å². The summed E-state index contributed by atoms with van der Waals surface area (Å²) in [5.41, 5.74) is 3.65. The molecule has 2 N–H and O–H groups in total. The van der Waals surface area contributed by atoms with Crippen molar-refractivity contribution in [1.82, 2.24) is 14.8 Å². The topological polar surface area (TPSA) is 68.4 Å². The quantitative estimate of drug-likeness (QED) is 0.242. The average Bonchev–Trinajstić information content (AvgIpc) is 3.31. The number of rotatable bonds is 9. The van der Waals surface area contributed by atoms with E-state index in [0.717, 1.165) is 22.0 Å². The number of hydrogen-bond acceptors (Lipinski definition) is 2. The molecule has 4 rings (SSSR count). The standard InChI is InChI=1S/C29H30Cl2N4O2/c1-20(2)35(29(37)33-26-14-8-12-24(30)28(26)31)19-27(36)34(18-21-9-4-3-5-10-21)16-15-22-17-32-25-13-7-6-11-23(22)25/h3-14,17,20,32H,15-16,18-19H2,1-2H3,(H,33,37). The summed E-state index contributed by atoms with van der Waals surface area (Å²) >= 11 is 12.4. The molecule has 192 valence electrons. The summed E-state index contributed by atoms with van der Waals surface area (Å²) in [6, 6.07) is 22.4. The Bertz CT molecular complexity index is 1370. The molecule has 0 spiro atoms. The number of carbonyl (C=O) groups is 2. The van der Waals surface area contributed by atoms with Gasteiger partial charge in [0.15, 0.2) is 0 Å². The number of carbonyl (C=O) groups excluding carboxylic acids is 2. The van der Waals surface area contributed by atoms with Gasteiger partial charge in [-0.3, -0.25) is 4.79 Å². The maximum absolute atomic E-state index is 13.6. The van der Waals surface area contributed by atoms with Crippen LogP contribution in [0.2, 0.25) is 10.0 Å². The van der Waals surface area contributed by atoms with E-state index < -0.39 is 6.03 Å². The molecular weight excluding hydrogens is 507 g/mol. The third-order valence-corrected chi connectivity index (χ3v) is 7.10. The van der Waals surface area contributed by atoms with Crippen molar-refractivity contribution in [3.8, 4) is 0 Å². The van der Waals surface area contributed by atoms with Crippen molar-refractivity contribution in [1.29, 1.82) is 0 Å². The molecule has 0 aliphatic rings. The summed E-state index contributed by atoms with van der Waals surface area (Å²) in [6.07, 6.45) is 2.69. The number of para-hydroxylation sites is 1. The summed E-state index contributed by atoms with van der Waals surface area (Å²) in [5, 5.41) is 4.55. The van der Waals surface area contributed by atoms with Gasteiger partial charge < -0.3 is 20.1 Å². The zero-order valence-electron chi connectivity index (χ0n) is 20.9. The van der Waals surface area contributed by atoms with Gasteiger partial charge in [0.1, 0.15) is 6.54 Å². The minimum atomic E-state index is -0.413. The van der Waals surface area contributed by atoms with E-state index in [2.05, 4.69) is 16.4 Å². The number of fused-ring (bicyclic) bond motifs is 1. The second kappa shape index (κ2) is 12.2. The number of halogens is 2. The molecule has 0 bridgehead atoms. The highest BCUT2D eigenvalue weighted by Crippen LogP contribution is 2.30. The van der Waals surface area contributed by atoms with Gasteiger partial charge in [-0.05, 0) is 49.6 Å². The van der Waals surface area contributed by atoms with Gasteiger partial charge in [0.05, 0.1) is 15.7 Å². The van der Waals surface area contributed by atoms with Crippen LogP contribution in [0.25, 0.3) is 10.9 Å². The van der Waals surface area contributed by atoms with E-state index in [1.165, 1.54) is 4.90 Å². The maximum Gasteiger partial charge on any atom is 0.322 e. The zero-order valence-corrected chi connectivity index (χ0v) is 22.4. The number of nitrogens with one attached hydrogen (secondary N) is 2. The SMILES string of the molecule is CC(C)N(CC(=O)N(CCc1c[nH]c2ccccc12)Cc1ccccc1)C(=O)Nc1cccc(Cl)c1Cl. The first-order chi connectivity index (χ1) is 17.8. The van der Waals surface area contributed by atoms with Crippen LogP contribution in [0.5, 0.6) is 0 Å². The molecule has 0 unspecified atom stereocenters. The first-order valence-corrected chi connectivity index (χ1v) is 13.0. The summed E-state index contributed by atoms with van der Waals surface area (Å²) in [5.74, 6) is -0.135. The van der Waals surface area contributed by atoms with Crippen LogP contribution in [0, 0.1) is 0 Å². The Morgan fingerprint density at radius 1 is 0.946 bits per heavy atom. The highest BCUT2D eigenvalue weighted by Gasteiger charge is 2.24. The largest absolute Gasteiger partial charge is 0.361 e. The first kappa shape index (κ1) is 26.6. The molecule has 0 fully saturated rings. The predicted molar refractivity (Wildman–Crippen MR) is 151 cm³/mol. The van der Waals surface area contributed by atoms with Gasteiger partial charge in [-0.1, -0.05) is 77.8 Å². The molecule has 0 aliphatic carbocycles. The van der Waals surface area contributed by atoms with Crippen LogP contribution in [0.3, 0.4) is 0 Å². The molecule has 0 atom stereocenters. The predicted octanol–water partition coefficient (Wildman–Crippen LogP) is 6.99. The molecule has 3 aromatic carbocycles. The van der Waals surface area contributed by atoms with Crippen molar-refractivity contribution in [3.63, 3.8) is 0 Å². The fraction of sp³-hybridized carbons (Fsp3) is 0.241. The van der Waals surface area contributed by atoms with E-state index in [9.17, 15) is 9.59 Å². The highest BCUT2D eigenvalue weighted by atomic mass is 35.5. The van der Waals surface area contributed by atoms with Crippen LogP contribution in [-0.2, 0) is 17.8 Å². The molecule has 1 heterocycles. The van der Waals surface area contributed by atoms with Crippen LogP contribution < -0.4 is 5.32 Å². The average molecular weight is 537 g/mol. The second-order valence-electron chi connectivity index (χ2n) is 9.16. The number of aromatic amines is 1. The normalized spacial score (nSPS) is 11.1. The maximum atomic E-state index is 13.6. The molecule has 6 nitrogen and oxygen atoms in total. The molecule has 3 amide bonds. The number of anilines is 1. The minimum Gasteiger partial charge on any atom is -0.361 e.